The summed E-state index contributed by atoms with van der Waals surface area (Å²) in [7, 11) is 0. The molecule has 0 atom stereocenters. The van der Waals surface area contributed by atoms with Crippen LogP contribution in [0.15, 0.2) is 4.42 Å². The molecule has 2 rings (SSSR count). The van der Waals surface area contributed by atoms with E-state index < -0.39 is 0 Å². The van der Waals surface area contributed by atoms with Crippen molar-refractivity contribution in [1.82, 2.24) is 15.5 Å². The van der Waals surface area contributed by atoms with E-state index in [-0.39, 0.29) is 5.41 Å². The number of aromatic nitrogens is 2. The molecule has 1 aliphatic carbocycles. The first-order chi connectivity index (χ1) is 9.16. The monoisotopic (exact) mass is 265 g/mol. The Labute approximate surface area is 116 Å². The minimum Gasteiger partial charge on any atom is -0.425 e. The van der Waals surface area contributed by atoms with E-state index in [9.17, 15) is 0 Å². The number of hydrogen-bond acceptors (Lipinski definition) is 4. The van der Waals surface area contributed by atoms with E-state index in [0.29, 0.717) is 6.04 Å². The van der Waals surface area contributed by atoms with E-state index in [0.717, 1.165) is 37.6 Å². The third kappa shape index (κ3) is 3.56. The Morgan fingerprint density at radius 3 is 2.63 bits per heavy atom. The van der Waals surface area contributed by atoms with Crippen molar-refractivity contribution in [3.05, 3.63) is 11.8 Å². The topological polar surface area (TPSA) is 51.0 Å². The summed E-state index contributed by atoms with van der Waals surface area (Å²) in [6, 6.07) is 0.542. The second-order valence-corrected chi connectivity index (χ2v) is 6.05. The molecule has 0 radical (unpaired) electrons. The summed E-state index contributed by atoms with van der Waals surface area (Å²) in [5, 5.41) is 12.0. The molecule has 0 amide bonds. The second kappa shape index (κ2) is 6.51. The van der Waals surface area contributed by atoms with Crippen LogP contribution in [0.2, 0.25) is 0 Å². The molecule has 0 bridgehead atoms. The van der Waals surface area contributed by atoms with Gasteiger partial charge in [0.15, 0.2) is 0 Å². The standard InChI is InChI=1S/C15H27N3O/c1-4-15(9-5-6-10-15)14-18-17-13(19-14)8-7-11-16-12(2)3/h12,16H,4-11H2,1-3H3. The zero-order valence-electron chi connectivity index (χ0n) is 12.5. The third-order valence-electron chi connectivity index (χ3n) is 4.28. The van der Waals surface area contributed by atoms with Gasteiger partial charge in [-0.3, -0.25) is 0 Å². The van der Waals surface area contributed by atoms with Crippen molar-refractivity contribution >= 4 is 0 Å². The molecule has 0 aromatic carbocycles. The van der Waals surface area contributed by atoms with Gasteiger partial charge in [-0.15, -0.1) is 10.2 Å². The van der Waals surface area contributed by atoms with Gasteiger partial charge in [-0.05, 0) is 32.2 Å². The molecule has 108 valence electrons. The summed E-state index contributed by atoms with van der Waals surface area (Å²) < 4.78 is 5.92. The van der Waals surface area contributed by atoms with Gasteiger partial charge in [0.25, 0.3) is 0 Å². The van der Waals surface area contributed by atoms with Crippen molar-refractivity contribution in [3.8, 4) is 0 Å². The van der Waals surface area contributed by atoms with E-state index in [1.54, 1.807) is 0 Å². The van der Waals surface area contributed by atoms with Gasteiger partial charge in [0.1, 0.15) is 0 Å². The van der Waals surface area contributed by atoms with Gasteiger partial charge in [0, 0.05) is 17.9 Å². The third-order valence-corrected chi connectivity index (χ3v) is 4.28. The Hall–Kier alpha value is -0.900. The van der Waals surface area contributed by atoms with Crippen LogP contribution in [0.4, 0.5) is 0 Å². The van der Waals surface area contributed by atoms with Crippen LogP contribution in [0.5, 0.6) is 0 Å². The Bertz CT molecular complexity index is 380. The highest BCUT2D eigenvalue weighted by Gasteiger charge is 2.38. The molecule has 1 saturated carbocycles. The fourth-order valence-corrected chi connectivity index (χ4v) is 2.97. The van der Waals surface area contributed by atoms with Crippen LogP contribution in [-0.2, 0) is 11.8 Å². The van der Waals surface area contributed by atoms with Crippen LogP contribution in [0, 0.1) is 0 Å². The lowest BCUT2D eigenvalue weighted by Crippen LogP contribution is -2.23. The minimum absolute atomic E-state index is 0.182. The Balaban J connectivity index is 1.88. The van der Waals surface area contributed by atoms with Crippen LogP contribution in [0.3, 0.4) is 0 Å². The number of hydrogen-bond donors (Lipinski definition) is 1. The second-order valence-electron chi connectivity index (χ2n) is 6.05. The highest BCUT2D eigenvalue weighted by molar-refractivity contribution is 5.06. The minimum atomic E-state index is 0.182. The smallest absolute Gasteiger partial charge is 0.222 e. The van der Waals surface area contributed by atoms with Crippen LogP contribution in [0.1, 0.15) is 71.1 Å². The van der Waals surface area contributed by atoms with Crippen LogP contribution >= 0.6 is 0 Å². The van der Waals surface area contributed by atoms with Crippen LogP contribution < -0.4 is 5.32 Å². The highest BCUT2D eigenvalue weighted by atomic mass is 16.4. The quantitative estimate of drug-likeness (QED) is 0.769. The van der Waals surface area contributed by atoms with E-state index in [1.165, 1.54) is 25.7 Å². The van der Waals surface area contributed by atoms with Gasteiger partial charge < -0.3 is 9.73 Å². The van der Waals surface area contributed by atoms with Gasteiger partial charge in [0.05, 0.1) is 0 Å². The van der Waals surface area contributed by atoms with Crippen molar-refractivity contribution in [3.63, 3.8) is 0 Å². The molecule has 1 aromatic rings. The molecular formula is C15H27N3O. The SMILES string of the molecule is CCC1(c2nnc(CCCNC(C)C)o2)CCCC1. The van der Waals surface area contributed by atoms with E-state index in [1.807, 2.05) is 0 Å². The number of aryl methyl sites for hydroxylation is 1. The molecule has 1 aromatic heterocycles. The first-order valence-electron chi connectivity index (χ1n) is 7.72. The van der Waals surface area contributed by atoms with Gasteiger partial charge in [-0.2, -0.15) is 0 Å². The number of nitrogens with one attached hydrogen (secondary N) is 1. The molecule has 1 fully saturated rings. The fraction of sp³-hybridized carbons (Fsp3) is 0.867. The predicted octanol–water partition coefficient (Wildman–Crippen LogP) is 3.22. The highest BCUT2D eigenvalue weighted by Crippen LogP contribution is 2.42. The Morgan fingerprint density at radius 2 is 2.00 bits per heavy atom. The maximum absolute atomic E-state index is 5.92. The van der Waals surface area contributed by atoms with Crippen molar-refractivity contribution in [2.75, 3.05) is 6.54 Å². The van der Waals surface area contributed by atoms with Crippen LogP contribution in [0.25, 0.3) is 0 Å². The first kappa shape index (κ1) is 14.5. The average molecular weight is 265 g/mol. The number of rotatable bonds is 7. The van der Waals surface area contributed by atoms with Crippen LogP contribution in [-0.4, -0.2) is 22.8 Å². The summed E-state index contributed by atoms with van der Waals surface area (Å²) >= 11 is 0. The molecule has 4 nitrogen and oxygen atoms in total. The van der Waals surface area contributed by atoms with Crippen molar-refractivity contribution in [1.29, 1.82) is 0 Å². The van der Waals surface area contributed by atoms with E-state index in [4.69, 9.17) is 4.42 Å². The first-order valence-corrected chi connectivity index (χ1v) is 7.72. The zero-order chi connectivity index (χ0) is 13.7. The van der Waals surface area contributed by atoms with Crippen molar-refractivity contribution in [2.45, 2.75) is 77.2 Å². The lowest BCUT2D eigenvalue weighted by molar-refractivity contribution is 0.304. The van der Waals surface area contributed by atoms with Gasteiger partial charge in [-0.1, -0.05) is 33.6 Å². The molecule has 0 spiro atoms. The molecule has 1 N–H and O–H groups in total. The average Bonchev–Trinajstić information content (AvgIpc) is 3.04. The maximum Gasteiger partial charge on any atom is 0.222 e. The summed E-state index contributed by atoms with van der Waals surface area (Å²) in [5.41, 5.74) is 0.182. The van der Waals surface area contributed by atoms with Gasteiger partial charge in [0.2, 0.25) is 11.8 Å². The summed E-state index contributed by atoms with van der Waals surface area (Å²) in [4.78, 5) is 0. The normalized spacial score (nSPS) is 18.3. The van der Waals surface area contributed by atoms with E-state index >= 15 is 0 Å². The lowest BCUT2D eigenvalue weighted by atomic mass is 9.83. The molecule has 0 saturated heterocycles. The molecule has 19 heavy (non-hydrogen) atoms. The molecule has 1 heterocycles. The zero-order valence-corrected chi connectivity index (χ0v) is 12.5. The largest absolute Gasteiger partial charge is 0.425 e. The van der Waals surface area contributed by atoms with Gasteiger partial charge in [-0.25, -0.2) is 0 Å². The van der Waals surface area contributed by atoms with Crippen molar-refractivity contribution < 1.29 is 4.42 Å². The summed E-state index contributed by atoms with van der Waals surface area (Å²) in [6.45, 7) is 7.57. The maximum atomic E-state index is 5.92. The molecule has 4 heteroatoms. The molecule has 0 unspecified atom stereocenters. The Kier molecular flexibility index (Phi) is 4.97. The summed E-state index contributed by atoms with van der Waals surface area (Å²) in [5.74, 6) is 1.69. The van der Waals surface area contributed by atoms with Crippen molar-refractivity contribution in [2.24, 2.45) is 0 Å². The Morgan fingerprint density at radius 1 is 1.26 bits per heavy atom. The molecule has 1 aliphatic rings. The van der Waals surface area contributed by atoms with Gasteiger partial charge >= 0.3 is 0 Å². The lowest BCUT2D eigenvalue weighted by Gasteiger charge is -2.22. The molecular weight excluding hydrogens is 238 g/mol. The number of nitrogens with zero attached hydrogens (tertiary/aromatic N) is 2. The predicted molar refractivity (Wildman–Crippen MR) is 76.2 cm³/mol. The summed E-state index contributed by atoms with van der Waals surface area (Å²) in [6.07, 6.45) is 8.06. The molecule has 0 aliphatic heterocycles. The van der Waals surface area contributed by atoms with E-state index in [2.05, 4.69) is 36.3 Å². The fourth-order valence-electron chi connectivity index (χ4n) is 2.97.